The van der Waals surface area contributed by atoms with Crippen molar-refractivity contribution < 1.29 is 0 Å². The van der Waals surface area contributed by atoms with Gasteiger partial charge in [0.1, 0.15) is 7.85 Å². The molecule has 2 radical (unpaired) electrons. The fourth-order valence-electron chi connectivity index (χ4n) is 9.25. The van der Waals surface area contributed by atoms with Gasteiger partial charge in [0.25, 0.3) is 0 Å². The Kier molecular flexibility index (Phi) is 5.99. The zero-order valence-electron chi connectivity index (χ0n) is 19.7. The molecule has 3 saturated carbocycles. The van der Waals surface area contributed by atoms with Crippen LogP contribution in [0.1, 0.15) is 103 Å². The quantitative estimate of drug-likeness (QED) is 0.316. The van der Waals surface area contributed by atoms with E-state index in [1.165, 1.54) is 108 Å². The van der Waals surface area contributed by atoms with Gasteiger partial charge in [-0.3, -0.25) is 0 Å². The van der Waals surface area contributed by atoms with Crippen LogP contribution in [-0.4, -0.2) is 7.85 Å². The number of hydrogen-bond acceptors (Lipinski definition) is 0. The number of fused-ring (bicyclic) bond motifs is 3. The lowest BCUT2D eigenvalue weighted by Gasteiger charge is -2.51. The van der Waals surface area contributed by atoms with E-state index in [-0.39, 0.29) is 0 Å². The van der Waals surface area contributed by atoms with Crippen molar-refractivity contribution >= 4 is 7.85 Å². The smallest absolute Gasteiger partial charge is 0.108 e. The molecule has 0 amide bonds. The van der Waals surface area contributed by atoms with Crippen LogP contribution >= 0.6 is 0 Å². The van der Waals surface area contributed by atoms with Crippen molar-refractivity contribution in [2.75, 3.05) is 0 Å². The Morgan fingerprint density at radius 3 is 2.35 bits per heavy atom. The lowest BCUT2D eigenvalue weighted by molar-refractivity contribution is 0.134. The van der Waals surface area contributed by atoms with Gasteiger partial charge in [0.05, 0.1) is 0 Å². The van der Waals surface area contributed by atoms with Gasteiger partial charge in [0, 0.05) is 0 Å². The minimum absolute atomic E-state index is 0.710. The maximum atomic E-state index is 6.89. The lowest BCUT2D eigenvalue weighted by atomic mass is 9.51. The molecule has 0 aliphatic heterocycles. The lowest BCUT2D eigenvalue weighted by Crippen LogP contribution is -2.41. The molecule has 0 N–H and O–H groups in total. The summed E-state index contributed by atoms with van der Waals surface area (Å²) in [5, 5.41) is 0. The van der Waals surface area contributed by atoms with Gasteiger partial charge in [-0.1, -0.05) is 61.5 Å². The Balaban J connectivity index is 1.29. The minimum Gasteiger partial charge on any atom is -0.115 e. The van der Waals surface area contributed by atoms with Gasteiger partial charge in [-0.05, 0) is 118 Å². The van der Waals surface area contributed by atoms with Gasteiger partial charge in [-0.2, -0.15) is 0 Å². The predicted molar refractivity (Wildman–Crippen MR) is 132 cm³/mol. The molecular weight excluding hydrogens is 371 g/mol. The van der Waals surface area contributed by atoms with Crippen molar-refractivity contribution in [3.63, 3.8) is 0 Å². The summed E-state index contributed by atoms with van der Waals surface area (Å²) in [6, 6.07) is 0. The SMILES string of the molecule is [B]C1=C2CCCCC2C(C2=CC(C3C=CC4CCCCC4C3)CCC2)C2CCCCC12. The van der Waals surface area contributed by atoms with Crippen LogP contribution in [0.4, 0.5) is 0 Å². The van der Waals surface area contributed by atoms with Crippen molar-refractivity contribution in [2.24, 2.45) is 47.3 Å². The van der Waals surface area contributed by atoms with E-state index in [4.69, 9.17) is 7.85 Å². The van der Waals surface area contributed by atoms with E-state index in [1.807, 2.05) is 5.57 Å². The van der Waals surface area contributed by atoms with Crippen molar-refractivity contribution in [1.82, 2.24) is 0 Å². The van der Waals surface area contributed by atoms with Crippen LogP contribution in [0.5, 0.6) is 0 Å². The molecule has 0 spiro atoms. The average Bonchev–Trinajstić information content (AvgIpc) is 2.84. The van der Waals surface area contributed by atoms with Gasteiger partial charge in [0.15, 0.2) is 0 Å². The first-order valence-corrected chi connectivity index (χ1v) is 14.2. The molecule has 6 rings (SSSR count). The van der Waals surface area contributed by atoms with Crippen LogP contribution in [0.25, 0.3) is 0 Å². The van der Waals surface area contributed by atoms with E-state index in [1.54, 1.807) is 5.57 Å². The maximum absolute atomic E-state index is 6.89. The molecule has 166 valence electrons. The van der Waals surface area contributed by atoms with E-state index < -0.39 is 0 Å². The molecule has 0 aromatic carbocycles. The summed E-state index contributed by atoms with van der Waals surface area (Å²) in [6.07, 6.45) is 31.0. The van der Waals surface area contributed by atoms with E-state index in [0.717, 1.165) is 41.4 Å². The summed E-state index contributed by atoms with van der Waals surface area (Å²) < 4.78 is 0. The number of allylic oxidation sites excluding steroid dienone is 6. The number of rotatable bonds is 2. The van der Waals surface area contributed by atoms with E-state index in [0.29, 0.717) is 5.92 Å². The Labute approximate surface area is 192 Å². The molecule has 6 aliphatic carbocycles. The zero-order valence-corrected chi connectivity index (χ0v) is 19.7. The monoisotopic (exact) mass is 414 g/mol. The minimum atomic E-state index is 0.710. The first-order chi connectivity index (χ1) is 15.3. The normalized spacial score (nSPS) is 45.4. The standard InChI is InChI=1S/C30H43B/c31-30-27-14-5-3-12-25(27)29(26-13-4-6-15-28(26)30)24-11-7-10-22(19-24)23-17-16-20-8-1-2-9-21(20)18-23/h16-17,19-23,25-27,29H,1-15,18H2. The second-order valence-electron chi connectivity index (χ2n) is 12.2. The highest BCUT2D eigenvalue weighted by atomic mass is 14.5. The Bertz CT molecular complexity index is 756. The largest absolute Gasteiger partial charge is 0.115 e. The van der Waals surface area contributed by atoms with Gasteiger partial charge in [0.2, 0.25) is 0 Å². The molecular formula is C30H43B. The predicted octanol–water partition coefficient (Wildman–Crippen LogP) is 8.14. The fraction of sp³-hybridized carbons (Fsp3) is 0.800. The van der Waals surface area contributed by atoms with Gasteiger partial charge in [-0.15, -0.1) is 5.47 Å². The van der Waals surface area contributed by atoms with Gasteiger partial charge in [-0.25, -0.2) is 0 Å². The number of hydrogen-bond donors (Lipinski definition) is 0. The fourth-order valence-corrected chi connectivity index (χ4v) is 9.25. The Hall–Kier alpha value is -0.715. The van der Waals surface area contributed by atoms with Gasteiger partial charge >= 0.3 is 0 Å². The van der Waals surface area contributed by atoms with Gasteiger partial charge < -0.3 is 0 Å². The average molecular weight is 414 g/mol. The molecule has 6 aliphatic rings. The molecule has 0 aromatic heterocycles. The molecule has 8 atom stereocenters. The highest BCUT2D eigenvalue weighted by Crippen LogP contribution is 2.56. The zero-order chi connectivity index (χ0) is 20.8. The third-order valence-corrected chi connectivity index (χ3v) is 10.7. The summed E-state index contributed by atoms with van der Waals surface area (Å²) in [5.74, 6) is 6.75. The summed E-state index contributed by atoms with van der Waals surface area (Å²) in [5.41, 5.74) is 4.99. The van der Waals surface area contributed by atoms with Crippen molar-refractivity contribution in [2.45, 2.75) is 103 Å². The molecule has 0 nitrogen and oxygen atoms in total. The molecule has 0 saturated heterocycles. The molecule has 1 heteroatoms. The molecule has 0 aromatic rings. The summed E-state index contributed by atoms with van der Waals surface area (Å²) in [7, 11) is 6.89. The van der Waals surface area contributed by atoms with Crippen molar-refractivity contribution in [3.8, 4) is 0 Å². The highest BCUT2D eigenvalue weighted by molar-refractivity contribution is 6.22. The first-order valence-electron chi connectivity index (χ1n) is 14.2. The van der Waals surface area contributed by atoms with E-state index >= 15 is 0 Å². The third-order valence-electron chi connectivity index (χ3n) is 10.7. The summed E-state index contributed by atoms with van der Waals surface area (Å²) in [4.78, 5) is 0. The van der Waals surface area contributed by atoms with Crippen LogP contribution in [-0.2, 0) is 0 Å². The topological polar surface area (TPSA) is 0 Å². The van der Waals surface area contributed by atoms with E-state index in [2.05, 4.69) is 18.2 Å². The second-order valence-corrected chi connectivity index (χ2v) is 12.2. The van der Waals surface area contributed by atoms with Crippen molar-refractivity contribution in [1.29, 1.82) is 0 Å². The van der Waals surface area contributed by atoms with Crippen LogP contribution in [0, 0.1) is 47.3 Å². The van der Waals surface area contributed by atoms with Crippen LogP contribution in [0.15, 0.2) is 34.8 Å². The Morgan fingerprint density at radius 1 is 0.645 bits per heavy atom. The highest BCUT2D eigenvalue weighted by Gasteiger charge is 2.45. The first kappa shape index (κ1) is 20.9. The maximum Gasteiger partial charge on any atom is 0.108 e. The molecule has 0 bridgehead atoms. The molecule has 3 fully saturated rings. The van der Waals surface area contributed by atoms with Crippen molar-refractivity contribution in [3.05, 3.63) is 34.8 Å². The summed E-state index contributed by atoms with van der Waals surface area (Å²) >= 11 is 0. The second kappa shape index (κ2) is 8.91. The third kappa shape index (κ3) is 3.85. The molecule has 8 unspecified atom stereocenters. The van der Waals surface area contributed by atoms with E-state index in [9.17, 15) is 0 Å². The van der Waals surface area contributed by atoms with Crippen LogP contribution < -0.4 is 0 Å². The van der Waals surface area contributed by atoms with Crippen LogP contribution in [0.3, 0.4) is 0 Å². The Morgan fingerprint density at radius 2 is 1.39 bits per heavy atom. The molecule has 31 heavy (non-hydrogen) atoms. The van der Waals surface area contributed by atoms with Crippen LogP contribution in [0.2, 0.25) is 0 Å². The molecule has 0 heterocycles. The summed E-state index contributed by atoms with van der Waals surface area (Å²) in [6.45, 7) is 0.